The number of methoxy groups -OCH3 is 1. The molecule has 0 unspecified atom stereocenters. The van der Waals surface area contributed by atoms with Gasteiger partial charge < -0.3 is 10.1 Å². The molecule has 1 aliphatic heterocycles. The van der Waals surface area contributed by atoms with Gasteiger partial charge in [0.15, 0.2) is 5.17 Å². The van der Waals surface area contributed by atoms with Crippen LogP contribution in [0.2, 0.25) is 0 Å². The molecule has 2 amide bonds. The zero-order valence-electron chi connectivity index (χ0n) is 18.6. The fourth-order valence-corrected chi connectivity index (χ4v) is 4.61. The zero-order chi connectivity index (χ0) is 23.9. The Labute approximate surface area is 201 Å². The topological polar surface area (TPSA) is 71.0 Å². The second-order valence-corrected chi connectivity index (χ2v) is 8.85. The van der Waals surface area contributed by atoms with Gasteiger partial charge in [-0.05, 0) is 48.4 Å². The Hall–Kier alpha value is -3.65. The van der Waals surface area contributed by atoms with Crippen molar-refractivity contribution in [1.29, 1.82) is 0 Å². The SMILES string of the molecule is COc1cccc(NC(=O)[C@@H]2CC(=O)N(CCc3ccc(F)cc3)C(=Nc3ccccc3)S2)c1. The van der Waals surface area contributed by atoms with Crippen LogP contribution in [0.4, 0.5) is 15.8 Å². The van der Waals surface area contributed by atoms with E-state index in [1.165, 1.54) is 23.9 Å². The van der Waals surface area contributed by atoms with Gasteiger partial charge in [0.05, 0.1) is 12.8 Å². The predicted molar refractivity (Wildman–Crippen MR) is 133 cm³/mol. The Balaban J connectivity index is 1.52. The Bertz CT molecular complexity index is 1190. The van der Waals surface area contributed by atoms with Crippen molar-refractivity contribution in [3.63, 3.8) is 0 Å². The van der Waals surface area contributed by atoms with Crippen molar-refractivity contribution in [2.45, 2.75) is 18.1 Å². The number of amidine groups is 1. The van der Waals surface area contributed by atoms with Crippen LogP contribution in [0.15, 0.2) is 83.9 Å². The van der Waals surface area contributed by atoms with Crippen LogP contribution < -0.4 is 10.1 Å². The summed E-state index contributed by atoms with van der Waals surface area (Å²) in [7, 11) is 1.56. The number of amides is 2. The second-order valence-electron chi connectivity index (χ2n) is 7.68. The lowest BCUT2D eigenvalue weighted by Crippen LogP contribution is -2.46. The number of carbonyl (C=O) groups excluding carboxylic acids is 2. The molecule has 0 saturated carbocycles. The fourth-order valence-electron chi connectivity index (χ4n) is 3.49. The molecular weight excluding hydrogens is 453 g/mol. The number of carbonyl (C=O) groups is 2. The van der Waals surface area contributed by atoms with Gasteiger partial charge in [-0.25, -0.2) is 9.38 Å². The van der Waals surface area contributed by atoms with Crippen LogP contribution in [0.1, 0.15) is 12.0 Å². The Morgan fingerprint density at radius 2 is 1.88 bits per heavy atom. The van der Waals surface area contributed by atoms with Crippen LogP contribution >= 0.6 is 11.8 Å². The molecule has 1 fully saturated rings. The highest BCUT2D eigenvalue weighted by molar-refractivity contribution is 8.15. The van der Waals surface area contributed by atoms with E-state index >= 15 is 0 Å². The van der Waals surface area contributed by atoms with E-state index in [9.17, 15) is 14.0 Å². The number of benzene rings is 3. The standard InChI is InChI=1S/C26H24FN3O3S/c1-33-22-9-5-8-21(16-22)28-25(32)23-17-24(31)30(15-14-18-10-12-19(27)13-11-18)26(34-23)29-20-6-3-2-4-7-20/h2-13,16,23H,14-15,17H2,1H3,(H,28,32)/t23-/m0/s1. The number of nitrogens with zero attached hydrogens (tertiary/aromatic N) is 2. The second kappa shape index (κ2) is 11.0. The summed E-state index contributed by atoms with van der Waals surface area (Å²) < 4.78 is 18.4. The van der Waals surface area contributed by atoms with Crippen molar-refractivity contribution in [3.8, 4) is 5.75 Å². The number of hydrogen-bond acceptors (Lipinski definition) is 5. The Kier molecular flexibility index (Phi) is 7.59. The molecule has 174 valence electrons. The number of rotatable bonds is 7. The highest BCUT2D eigenvalue weighted by atomic mass is 32.2. The molecule has 1 heterocycles. The van der Waals surface area contributed by atoms with Crippen molar-refractivity contribution in [1.82, 2.24) is 4.90 Å². The molecule has 3 aromatic rings. The van der Waals surface area contributed by atoms with Gasteiger partial charge in [-0.15, -0.1) is 0 Å². The number of para-hydroxylation sites is 1. The minimum Gasteiger partial charge on any atom is -0.497 e. The zero-order valence-corrected chi connectivity index (χ0v) is 19.4. The van der Waals surface area contributed by atoms with Crippen LogP contribution in [0.25, 0.3) is 0 Å². The van der Waals surface area contributed by atoms with Crippen LogP contribution in [0, 0.1) is 5.82 Å². The molecule has 0 bridgehead atoms. The van der Waals surface area contributed by atoms with Gasteiger partial charge in [-0.3, -0.25) is 14.5 Å². The minimum absolute atomic E-state index is 0.0533. The normalized spacial score (nSPS) is 17.0. The number of nitrogens with one attached hydrogen (secondary N) is 1. The molecule has 6 nitrogen and oxygen atoms in total. The molecule has 1 atom stereocenters. The molecule has 0 spiro atoms. The third-order valence-corrected chi connectivity index (χ3v) is 6.48. The Morgan fingerprint density at radius 1 is 1.12 bits per heavy atom. The molecular formula is C26H24FN3O3S. The summed E-state index contributed by atoms with van der Waals surface area (Å²) in [5.41, 5.74) is 2.20. The van der Waals surface area contributed by atoms with E-state index in [2.05, 4.69) is 10.3 Å². The third-order valence-electron chi connectivity index (χ3n) is 5.29. The van der Waals surface area contributed by atoms with Gasteiger partial charge >= 0.3 is 0 Å². The first-order valence-electron chi connectivity index (χ1n) is 10.8. The van der Waals surface area contributed by atoms with Crippen LogP contribution in [-0.2, 0) is 16.0 Å². The number of halogens is 1. The van der Waals surface area contributed by atoms with E-state index < -0.39 is 5.25 Å². The third kappa shape index (κ3) is 6.02. The van der Waals surface area contributed by atoms with E-state index in [1.54, 1.807) is 48.4 Å². The molecule has 0 aliphatic carbocycles. The first-order chi connectivity index (χ1) is 16.5. The molecule has 1 saturated heterocycles. The summed E-state index contributed by atoms with van der Waals surface area (Å²) in [4.78, 5) is 32.4. The van der Waals surface area contributed by atoms with Crippen molar-refractivity contribution >= 4 is 40.1 Å². The predicted octanol–water partition coefficient (Wildman–Crippen LogP) is 5.04. The highest BCUT2D eigenvalue weighted by Gasteiger charge is 2.35. The van der Waals surface area contributed by atoms with Gasteiger partial charge in [-0.1, -0.05) is 48.2 Å². The number of thioether (sulfide) groups is 1. The smallest absolute Gasteiger partial charge is 0.238 e. The summed E-state index contributed by atoms with van der Waals surface area (Å²) >= 11 is 1.26. The van der Waals surface area contributed by atoms with E-state index in [1.807, 2.05) is 30.3 Å². The van der Waals surface area contributed by atoms with Gasteiger partial charge in [0.25, 0.3) is 0 Å². The number of anilines is 1. The maximum absolute atomic E-state index is 13.2. The summed E-state index contributed by atoms with van der Waals surface area (Å²) in [6.45, 7) is 0.382. The fraction of sp³-hybridized carbons (Fsp3) is 0.192. The lowest BCUT2D eigenvalue weighted by Gasteiger charge is -2.32. The summed E-state index contributed by atoms with van der Waals surface area (Å²) in [5, 5.41) is 2.71. The molecule has 3 aromatic carbocycles. The van der Waals surface area contributed by atoms with Crippen LogP contribution in [-0.4, -0.2) is 40.8 Å². The average molecular weight is 478 g/mol. The number of hydrogen-bond donors (Lipinski definition) is 1. The number of aliphatic imine (C=N–C) groups is 1. The van der Waals surface area contributed by atoms with Gasteiger partial charge in [0.1, 0.15) is 16.8 Å². The molecule has 1 aliphatic rings. The largest absolute Gasteiger partial charge is 0.497 e. The van der Waals surface area contributed by atoms with Crippen molar-refractivity contribution in [2.24, 2.45) is 4.99 Å². The molecule has 0 aromatic heterocycles. The molecule has 1 N–H and O–H groups in total. The average Bonchev–Trinajstić information content (AvgIpc) is 2.85. The van der Waals surface area contributed by atoms with Gasteiger partial charge in [-0.2, -0.15) is 0 Å². The van der Waals surface area contributed by atoms with Crippen molar-refractivity contribution < 1.29 is 18.7 Å². The minimum atomic E-state index is -0.622. The quantitative estimate of drug-likeness (QED) is 0.518. The van der Waals surface area contributed by atoms with Crippen molar-refractivity contribution in [3.05, 3.63) is 90.2 Å². The summed E-state index contributed by atoms with van der Waals surface area (Å²) in [6.07, 6.45) is 0.596. The van der Waals surface area contributed by atoms with Crippen LogP contribution in [0.5, 0.6) is 5.75 Å². The lowest BCUT2D eigenvalue weighted by molar-refractivity contribution is -0.129. The maximum atomic E-state index is 13.2. The molecule has 4 rings (SSSR count). The monoisotopic (exact) mass is 477 g/mol. The van der Waals surface area contributed by atoms with Gasteiger partial charge in [0.2, 0.25) is 11.8 Å². The first-order valence-corrected chi connectivity index (χ1v) is 11.7. The number of ether oxygens (including phenoxy) is 1. The summed E-state index contributed by atoms with van der Waals surface area (Å²) in [6, 6.07) is 22.6. The Morgan fingerprint density at radius 3 is 2.62 bits per heavy atom. The van der Waals surface area contributed by atoms with Crippen molar-refractivity contribution in [2.75, 3.05) is 19.0 Å². The van der Waals surface area contributed by atoms with Crippen LogP contribution in [0.3, 0.4) is 0 Å². The van der Waals surface area contributed by atoms with E-state index in [4.69, 9.17) is 4.74 Å². The summed E-state index contributed by atoms with van der Waals surface area (Å²) in [5.74, 6) is -0.125. The maximum Gasteiger partial charge on any atom is 0.238 e. The van der Waals surface area contributed by atoms with E-state index in [0.717, 1.165) is 5.56 Å². The molecule has 34 heavy (non-hydrogen) atoms. The first kappa shape index (κ1) is 23.5. The highest BCUT2D eigenvalue weighted by Crippen LogP contribution is 2.30. The van der Waals surface area contributed by atoms with Gasteiger partial charge in [0, 0.05) is 24.7 Å². The molecule has 0 radical (unpaired) electrons. The molecule has 8 heteroatoms. The van der Waals surface area contributed by atoms with E-state index in [0.29, 0.717) is 35.3 Å². The lowest BCUT2D eigenvalue weighted by atomic mass is 10.1. The van der Waals surface area contributed by atoms with E-state index in [-0.39, 0.29) is 24.1 Å².